The van der Waals surface area contributed by atoms with Gasteiger partial charge < -0.3 is 9.47 Å². The number of hydrogen-bond acceptors (Lipinski definition) is 2. The minimum absolute atomic E-state index is 0.356. The summed E-state index contributed by atoms with van der Waals surface area (Å²) in [5, 5.41) is 0. The summed E-state index contributed by atoms with van der Waals surface area (Å²) >= 11 is 0. The second kappa shape index (κ2) is 3.37. The van der Waals surface area contributed by atoms with Gasteiger partial charge in [-0.15, -0.1) is 0 Å². The molecule has 2 aliphatic heterocycles. The second-order valence-electron chi connectivity index (χ2n) is 4.04. The molecular weight excluding hydrogens is 176 g/mol. The molecule has 0 bridgehead atoms. The maximum atomic E-state index is 5.63. The van der Waals surface area contributed by atoms with Crippen molar-refractivity contribution in [2.45, 2.75) is 31.2 Å². The van der Waals surface area contributed by atoms with Gasteiger partial charge in [-0.3, -0.25) is 0 Å². The van der Waals surface area contributed by atoms with Crippen LogP contribution in [0.3, 0.4) is 0 Å². The van der Waals surface area contributed by atoms with Crippen molar-refractivity contribution in [3.8, 4) is 0 Å². The summed E-state index contributed by atoms with van der Waals surface area (Å²) in [6, 6.07) is 10.5. The molecule has 2 aliphatic rings. The molecule has 1 aromatic carbocycles. The third-order valence-corrected chi connectivity index (χ3v) is 2.89. The molecule has 0 aromatic heterocycles. The van der Waals surface area contributed by atoms with Gasteiger partial charge in [0, 0.05) is 0 Å². The van der Waals surface area contributed by atoms with Crippen LogP contribution in [0.25, 0.3) is 0 Å². The van der Waals surface area contributed by atoms with E-state index in [2.05, 4.69) is 24.3 Å². The highest BCUT2D eigenvalue weighted by Crippen LogP contribution is 2.42. The van der Waals surface area contributed by atoms with Crippen LogP contribution in [0.5, 0.6) is 0 Å². The zero-order valence-corrected chi connectivity index (χ0v) is 8.06. The fourth-order valence-electron chi connectivity index (χ4n) is 1.88. The van der Waals surface area contributed by atoms with Gasteiger partial charge in [0.1, 0.15) is 6.10 Å². The lowest BCUT2D eigenvalue weighted by Crippen LogP contribution is -1.93. The van der Waals surface area contributed by atoms with Gasteiger partial charge in [-0.25, -0.2) is 0 Å². The summed E-state index contributed by atoms with van der Waals surface area (Å²) in [6.45, 7) is 0.961. The van der Waals surface area contributed by atoms with Crippen molar-refractivity contribution < 1.29 is 9.47 Å². The number of rotatable bonds is 4. The van der Waals surface area contributed by atoms with Crippen molar-refractivity contribution in [1.82, 2.24) is 0 Å². The number of epoxide rings is 2. The van der Waals surface area contributed by atoms with Crippen molar-refractivity contribution in [2.75, 3.05) is 6.61 Å². The number of hydrogen-bond donors (Lipinski definition) is 0. The third-order valence-electron chi connectivity index (χ3n) is 2.89. The minimum Gasteiger partial charge on any atom is -0.373 e. The van der Waals surface area contributed by atoms with Gasteiger partial charge in [0.25, 0.3) is 0 Å². The number of benzene rings is 1. The van der Waals surface area contributed by atoms with Crippen LogP contribution in [0.4, 0.5) is 0 Å². The van der Waals surface area contributed by atoms with E-state index in [4.69, 9.17) is 9.47 Å². The lowest BCUT2D eigenvalue weighted by Gasteiger charge is -1.94. The van der Waals surface area contributed by atoms with Crippen LogP contribution in [0.15, 0.2) is 30.3 Å². The van der Waals surface area contributed by atoms with Gasteiger partial charge in [-0.05, 0) is 18.4 Å². The van der Waals surface area contributed by atoms with Crippen molar-refractivity contribution in [3.63, 3.8) is 0 Å². The van der Waals surface area contributed by atoms with Gasteiger partial charge in [0.05, 0.1) is 18.8 Å². The molecule has 14 heavy (non-hydrogen) atoms. The first-order chi connectivity index (χ1) is 6.93. The molecule has 0 N–H and O–H groups in total. The van der Waals surface area contributed by atoms with E-state index in [1.165, 1.54) is 5.56 Å². The first-order valence-corrected chi connectivity index (χ1v) is 5.25. The normalized spacial score (nSPS) is 34.1. The summed E-state index contributed by atoms with van der Waals surface area (Å²) in [5.41, 5.74) is 1.31. The summed E-state index contributed by atoms with van der Waals surface area (Å²) in [4.78, 5) is 0. The van der Waals surface area contributed by atoms with E-state index >= 15 is 0 Å². The molecule has 1 aromatic rings. The van der Waals surface area contributed by atoms with Crippen LogP contribution in [-0.4, -0.2) is 18.8 Å². The zero-order valence-electron chi connectivity index (χ0n) is 8.06. The molecule has 74 valence electrons. The molecule has 2 heterocycles. The van der Waals surface area contributed by atoms with Crippen molar-refractivity contribution >= 4 is 0 Å². The quantitative estimate of drug-likeness (QED) is 0.681. The Kier molecular flexibility index (Phi) is 2.03. The van der Waals surface area contributed by atoms with Crippen LogP contribution in [0.1, 0.15) is 24.5 Å². The average molecular weight is 190 g/mol. The molecule has 0 amide bonds. The van der Waals surface area contributed by atoms with E-state index in [9.17, 15) is 0 Å². The van der Waals surface area contributed by atoms with Crippen LogP contribution < -0.4 is 0 Å². The fourth-order valence-corrected chi connectivity index (χ4v) is 1.88. The summed E-state index contributed by atoms with van der Waals surface area (Å²) < 4.78 is 10.8. The molecule has 0 radical (unpaired) electrons. The summed E-state index contributed by atoms with van der Waals surface area (Å²) in [5.74, 6) is 0. The topological polar surface area (TPSA) is 25.1 Å². The Morgan fingerprint density at radius 3 is 2.64 bits per heavy atom. The Morgan fingerprint density at radius 1 is 1.14 bits per heavy atom. The van der Waals surface area contributed by atoms with E-state index in [0.29, 0.717) is 18.3 Å². The lowest BCUT2D eigenvalue weighted by atomic mass is 10.1. The largest absolute Gasteiger partial charge is 0.373 e. The highest BCUT2D eigenvalue weighted by atomic mass is 16.6. The number of ether oxygens (including phenoxy) is 2. The molecule has 0 saturated carbocycles. The van der Waals surface area contributed by atoms with E-state index in [1.807, 2.05) is 6.07 Å². The highest BCUT2D eigenvalue weighted by molar-refractivity contribution is 5.22. The van der Waals surface area contributed by atoms with Gasteiger partial charge >= 0.3 is 0 Å². The standard InChI is InChI=1S/C12H14O2/c1-2-4-9(5-3-1)12-11(14-12)7-6-10-8-13-10/h1-5,10-12H,6-8H2. The van der Waals surface area contributed by atoms with Crippen LogP contribution in [0.2, 0.25) is 0 Å². The molecular formula is C12H14O2. The van der Waals surface area contributed by atoms with E-state index < -0.39 is 0 Å². The average Bonchev–Trinajstić information content (AvgIpc) is 3.12. The third kappa shape index (κ3) is 1.81. The Morgan fingerprint density at radius 2 is 1.93 bits per heavy atom. The SMILES string of the molecule is c1ccc(C2OC2CCC2CO2)cc1. The van der Waals surface area contributed by atoms with Gasteiger partial charge in [0.15, 0.2) is 0 Å². The zero-order chi connectivity index (χ0) is 9.38. The molecule has 0 aliphatic carbocycles. The van der Waals surface area contributed by atoms with E-state index in [0.717, 1.165) is 19.4 Å². The molecule has 2 nitrogen and oxygen atoms in total. The Labute approximate surface area is 83.8 Å². The molecule has 2 saturated heterocycles. The predicted molar refractivity (Wildman–Crippen MR) is 53.0 cm³/mol. The minimum atomic E-state index is 0.356. The highest BCUT2D eigenvalue weighted by Gasteiger charge is 2.40. The second-order valence-corrected chi connectivity index (χ2v) is 4.04. The molecule has 0 spiro atoms. The van der Waals surface area contributed by atoms with Gasteiger partial charge in [-0.2, -0.15) is 0 Å². The maximum absolute atomic E-state index is 5.63. The smallest absolute Gasteiger partial charge is 0.109 e. The molecule has 3 unspecified atom stereocenters. The molecule has 2 heteroatoms. The van der Waals surface area contributed by atoms with Gasteiger partial charge in [-0.1, -0.05) is 30.3 Å². The Hall–Kier alpha value is -0.860. The molecule has 3 rings (SSSR count). The predicted octanol–water partition coefficient (Wildman–Crippen LogP) is 2.31. The first-order valence-electron chi connectivity index (χ1n) is 5.25. The Balaban J connectivity index is 1.52. The van der Waals surface area contributed by atoms with Crippen molar-refractivity contribution in [1.29, 1.82) is 0 Å². The fraction of sp³-hybridized carbons (Fsp3) is 0.500. The van der Waals surface area contributed by atoms with Crippen molar-refractivity contribution in [3.05, 3.63) is 35.9 Å². The molecule has 3 atom stereocenters. The first kappa shape index (κ1) is 8.45. The van der Waals surface area contributed by atoms with E-state index in [-0.39, 0.29) is 0 Å². The van der Waals surface area contributed by atoms with Gasteiger partial charge in [0.2, 0.25) is 0 Å². The monoisotopic (exact) mass is 190 g/mol. The summed E-state index contributed by atoms with van der Waals surface area (Å²) in [6.07, 6.45) is 3.64. The van der Waals surface area contributed by atoms with E-state index in [1.54, 1.807) is 0 Å². The maximum Gasteiger partial charge on any atom is 0.109 e. The summed E-state index contributed by atoms with van der Waals surface area (Å²) in [7, 11) is 0. The van der Waals surface area contributed by atoms with Crippen LogP contribution >= 0.6 is 0 Å². The lowest BCUT2D eigenvalue weighted by molar-refractivity contribution is 0.343. The van der Waals surface area contributed by atoms with Crippen molar-refractivity contribution in [2.24, 2.45) is 0 Å². The van der Waals surface area contributed by atoms with Crippen LogP contribution in [0, 0.1) is 0 Å². The Bertz CT molecular complexity index is 305. The molecule has 2 fully saturated rings. The van der Waals surface area contributed by atoms with Crippen LogP contribution in [-0.2, 0) is 9.47 Å².